The van der Waals surface area contributed by atoms with Crippen LogP contribution in [0.15, 0.2) is 63.9 Å². The van der Waals surface area contributed by atoms with Crippen molar-refractivity contribution in [2.24, 2.45) is 0 Å². The molecule has 0 aliphatic carbocycles. The van der Waals surface area contributed by atoms with E-state index < -0.39 is 17.2 Å². The quantitative estimate of drug-likeness (QED) is 0.361. The molecule has 4 aromatic rings. The molecule has 0 unspecified atom stereocenters. The first-order chi connectivity index (χ1) is 19.0. The molecule has 0 saturated carbocycles. The van der Waals surface area contributed by atoms with Crippen molar-refractivity contribution in [2.45, 2.75) is 32.9 Å². The molecule has 1 fully saturated rings. The van der Waals surface area contributed by atoms with Gasteiger partial charge < -0.3 is 19.1 Å². The van der Waals surface area contributed by atoms with Crippen LogP contribution < -0.4 is 10.5 Å². The number of ether oxygens (including phenoxy) is 1. The van der Waals surface area contributed by atoms with Crippen LogP contribution in [-0.2, 0) is 11.3 Å². The fourth-order valence-corrected chi connectivity index (χ4v) is 4.27. The standard InChI is InChI=1S/C28H28F2N6O4/c1-28(2,3)39-27(38)35-11-9-34(10-12-35)26-31-25(33-40-26)19-6-4-5-18(13-19)17-36-24(37)8-7-23(32-36)20-14-21(29)16-22(30)15-20/h4-8,13-16H,9-12,17H2,1-3H3. The maximum Gasteiger partial charge on any atom is 0.410 e. The normalized spacial score (nSPS) is 13.9. The third kappa shape index (κ3) is 6.33. The topological polar surface area (TPSA) is 107 Å². The molecule has 40 heavy (non-hydrogen) atoms. The molecule has 5 rings (SSSR count). The second kappa shape index (κ2) is 10.9. The number of nitrogens with zero attached hydrogens (tertiary/aromatic N) is 6. The van der Waals surface area contributed by atoms with Gasteiger partial charge in [-0.05, 0) is 50.6 Å². The molecule has 2 aromatic heterocycles. The second-order valence-electron chi connectivity index (χ2n) is 10.4. The van der Waals surface area contributed by atoms with Crippen molar-refractivity contribution in [3.05, 3.63) is 82.1 Å². The molecule has 0 spiro atoms. The Morgan fingerprint density at radius 2 is 1.70 bits per heavy atom. The number of amides is 1. The Bertz CT molecular complexity index is 1570. The minimum Gasteiger partial charge on any atom is -0.444 e. The van der Waals surface area contributed by atoms with Crippen LogP contribution in [-0.4, -0.2) is 62.7 Å². The number of carbonyl (C=O) groups is 1. The van der Waals surface area contributed by atoms with Gasteiger partial charge in [-0.2, -0.15) is 10.1 Å². The zero-order valence-electron chi connectivity index (χ0n) is 22.3. The van der Waals surface area contributed by atoms with Gasteiger partial charge in [0.25, 0.3) is 5.56 Å². The van der Waals surface area contributed by atoms with Gasteiger partial charge in [-0.3, -0.25) is 4.79 Å². The monoisotopic (exact) mass is 550 g/mol. The Kier molecular flexibility index (Phi) is 7.33. The van der Waals surface area contributed by atoms with Gasteiger partial charge in [0.2, 0.25) is 5.82 Å². The summed E-state index contributed by atoms with van der Waals surface area (Å²) in [6.07, 6.45) is -0.350. The first kappa shape index (κ1) is 27.0. The van der Waals surface area contributed by atoms with Gasteiger partial charge in [0.15, 0.2) is 0 Å². The molecule has 3 heterocycles. The number of halogens is 2. The van der Waals surface area contributed by atoms with E-state index in [1.54, 1.807) is 11.0 Å². The van der Waals surface area contributed by atoms with E-state index in [2.05, 4.69) is 15.2 Å². The lowest BCUT2D eigenvalue weighted by atomic mass is 10.1. The van der Waals surface area contributed by atoms with E-state index in [-0.39, 0.29) is 29.5 Å². The van der Waals surface area contributed by atoms with Crippen LogP contribution >= 0.6 is 0 Å². The molecule has 12 heteroatoms. The lowest BCUT2D eigenvalue weighted by molar-refractivity contribution is 0.0238. The fourth-order valence-electron chi connectivity index (χ4n) is 4.27. The van der Waals surface area contributed by atoms with Crippen LogP contribution in [0.3, 0.4) is 0 Å². The predicted molar refractivity (Wildman–Crippen MR) is 143 cm³/mol. The SMILES string of the molecule is CC(C)(C)OC(=O)N1CCN(c2nc(-c3cccc(Cn4nc(-c5cc(F)cc(F)c5)ccc4=O)c3)no2)CC1. The van der Waals surface area contributed by atoms with Gasteiger partial charge in [0.1, 0.15) is 17.2 Å². The summed E-state index contributed by atoms with van der Waals surface area (Å²) in [7, 11) is 0. The van der Waals surface area contributed by atoms with Crippen LogP contribution in [0.5, 0.6) is 0 Å². The Morgan fingerprint density at radius 3 is 2.40 bits per heavy atom. The van der Waals surface area contributed by atoms with Crippen molar-refractivity contribution < 1.29 is 22.8 Å². The Balaban J connectivity index is 1.28. The summed E-state index contributed by atoms with van der Waals surface area (Å²) in [5.74, 6) is -1.09. The van der Waals surface area contributed by atoms with Crippen molar-refractivity contribution in [1.82, 2.24) is 24.8 Å². The smallest absolute Gasteiger partial charge is 0.410 e. The van der Waals surface area contributed by atoms with Crippen LogP contribution in [0.4, 0.5) is 19.6 Å². The largest absolute Gasteiger partial charge is 0.444 e. The van der Waals surface area contributed by atoms with E-state index in [9.17, 15) is 18.4 Å². The molecule has 0 N–H and O–H groups in total. The molecule has 1 aliphatic heterocycles. The number of hydrogen-bond acceptors (Lipinski definition) is 8. The Morgan fingerprint density at radius 1 is 0.975 bits per heavy atom. The number of hydrogen-bond donors (Lipinski definition) is 0. The van der Waals surface area contributed by atoms with Crippen molar-refractivity contribution in [1.29, 1.82) is 0 Å². The van der Waals surface area contributed by atoms with E-state index in [1.807, 2.05) is 43.9 Å². The average Bonchev–Trinajstić information content (AvgIpc) is 3.39. The van der Waals surface area contributed by atoms with E-state index in [4.69, 9.17) is 9.26 Å². The minimum atomic E-state index is -0.730. The highest BCUT2D eigenvalue weighted by Gasteiger charge is 2.28. The molecular weight excluding hydrogens is 522 g/mol. The minimum absolute atomic E-state index is 0.121. The molecule has 2 aromatic carbocycles. The summed E-state index contributed by atoms with van der Waals surface area (Å²) in [6, 6.07) is 13.4. The predicted octanol–water partition coefficient (Wildman–Crippen LogP) is 4.34. The molecule has 1 aliphatic rings. The molecule has 1 saturated heterocycles. The van der Waals surface area contributed by atoms with Crippen LogP contribution in [0, 0.1) is 11.6 Å². The van der Waals surface area contributed by atoms with E-state index in [1.165, 1.54) is 16.8 Å². The van der Waals surface area contributed by atoms with Crippen molar-refractivity contribution in [2.75, 3.05) is 31.1 Å². The maximum absolute atomic E-state index is 13.7. The summed E-state index contributed by atoms with van der Waals surface area (Å²) in [4.78, 5) is 32.9. The molecule has 0 radical (unpaired) electrons. The number of aromatic nitrogens is 4. The van der Waals surface area contributed by atoms with Crippen LogP contribution in [0.25, 0.3) is 22.6 Å². The van der Waals surface area contributed by atoms with Gasteiger partial charge in [0.05, 0.1) is 12.2 Å². The summed E-state index contributed by atoms with van der Waals surface area (Å²) in [5.41, 5.74) is 0.994. The van der Waals surface area contributed by atoms with Crippen molar-refractivity contribution in [3.63, 3.8) is 0 Å². The third-order valence-corrected chi connectivity index (χ3v) is 6.16. The molecule has 208 valence electrons. The van der Waals surface area contributed by atoms with E-state index in [0.717, 1.165) is 23.8 Å². The summed E-state index contributed by atoms with van der Waals surface area (Å²) in [5, 5.41) is 8.42. The molecule has 10 nitrogen and oxygen atoms in total. The second-order valence-corrected chi connectivity index (χ2v) is 10.4. The fraction of sp³-hybridized carbons (Fsp3) is 0.321. The van der Waals surface area contributed by atoms with Crippen molar-refractivity contribution >= 4 is 12.1 Å². The van der Waals surface area contributed by atoms with Gasteiger partial charge in [-0.15, -0.1) is 0 Å². The third-order valence-electron chi connectivity index (χ3n) is 6.16. The molecule has 1 amide bonds. The van der Waals surface area contributed by atoms with Gasteiger partial charge in [0, 0.05) is 49.4 Å². The van der Waals surface area contributed by atoms with E-state index in [0.29, 0.717) is 43.6 Å². The maximum atomic E-state index is 13.7. The number of piperazine rings is 1. The van der Waals surface area contributed by atoms with Crippen LogP contribution in [0.1, 0.15) is 26.3 Å². The van der Waals surface area contributed by atoms with Gasteiger partial charge in [-0.25, -0.2) is 18.3 Å². The highest BCUT2D eigenvalue weighted by molar-refractivity contribution is 5.68. The van der Waals surface area contributed by atoms with Gasteiger partial charge in [-0.1, -0.05) is 23.4 Å². The zero-order chi connectivity index (χ0) is 28.4. The van der Waals surface area contributed by atoms with Crippen LogP contribution in [0.2, 0.25) is 0 Å². The molecular formula is C28H28F2N6O4. The number of rotatable bonds is 5. The lowest BCUT2D eigenvalue weighted by Gasteiger charge is -2.34. The first-order valence-corrected chi connectivity index (χ1v) is 12.7. The zero-order valence-corrected chi connectivity index (χ0v) is 22.3. The van der Waals surface area contributed by atoms with E-state index >= 15 is 0 Å². The average molecular weight is 551 g/mol. The molecule has 0 atom stereocenters. The number of benzene rings is 2. The number of carbonyl (C=O) groups excluding carboxylic acids is 1. The summed E-state index contributed by atoms with van der Waals surface area (Å²) < 4.78 is 39.5. The Labute approximate surface area is 228 Å². The Hall–Kier alpha value is -4.61. The lowest BCUT2D eigenvalue weighted by Crippen LogP contribution is -2.50. The summed E-state index contributed by atoms with van der Waals surface area (Å²) in [6.45, 7) is 7.57. The van der Waals surface area contributed by atoms with Crippen molar-refractivity contribution in [3.8, 4) is 22.6 Å². The van der Waals surface area contributed by atoms with Gasteiger partial charge >= 0.3 is 12.1 Å². The highest BCUT2D eigenvalue weighted by Crippen LogP contribution is 2.23. The summed E-state index contributed by atoms with van der Waals surface area (Å²) >= 11 is 0. The first-order valence-electron chi connectivity index (χ1n) is 12.7. The highest BCUT2D eigenvalue weighted by atomic mass is 19.1. The number of anilines is 1. The molecule has 0 bridgehead atoms.